The van der Waals surface area contributed by atoms with Gasteiger partial charge in [-0.2, -0.15) is 0 Å². The van der Waals surface area contributed by atoms with Gasteiger partial charge in [-0.3, -0.25) is 19.3 Å². The summed E-state index contributed by atoms with van der Waals surface area (Å²) in [6, 6.07) is 3.50. The molecular formula is C18H21N3O4. The van der Waals surface area contributed by atoms with Gasteiger partial charge in [0.15, 0.2) is 0 Å². The molecule has 3 fully saturated rings. The first-order chi connectivity index (χ1) is 12.1. The average molecular weight is 343 g/mol. The van der Waals surface area contributed by atoms with Gasteiger partial charge in [-0.15, -0.1) is 0 Å². The van der Waals surface area contributed by atoms with E-state index in [2.05, 4.69) is 4.98 Å². The maximum absolute atomic E-state index is 13.1. The van der Waals surface area contributed by atoms with Gasteiger partial charge in [-0.05, 0) is 37.8 Å². The van der Waals surface area contributed by atoms with E-state index in [9.17, 15) is 14.4 Å². The molecule has 1 aromatic rings. The number of amides is 3. The summed E-state index contributed by atoms with van der Waals surface area (Å²) in [6.45, 7) is 0. The van der Waals surface area contributed by atoms with Crippen molar-refractivity contribution in [2.45, 2.75) is 56.7 Å². The zero-order valence-corrected chi connectivity index (χ0v) is 14.2. The van der Waals surface area contributed by atoms with Gasteiger partial charge in [-0.1, -0.05) is 0 Å². The van der Waals surface area contributed by atoms with Crippen LogP contribution in [0.4, 0.5) is 0 Å². The fourth-order valence-electron chi connectivity index (χ4n) is 4.55. The quantitative estimate of drug-likeness (QED) is 0.775. The van der Waals surface area contributed by atoms with Crippen molar-refractivity contribution in [1.82, 2.24) is 14.8 Å². The van der Waals surface area contributed by atoms with E-state index < -0.39 is 0 Å². The van der Waals surface area contributed by atoms with Crippen molar-refractivity contribution in [3.8, 4) is 5.88 Å². The Labute approximate surface area is 145 Å². The SMILES string of the molecule is COc1ncccc1C(=O)N1C2CCC1CC(N1C(=O)CCC1=O)C2. The Morgan fingerprint density at radius 2 is 1.76 bits per heavy atom. The minimum atomic E-state index is -0.0741. The van der Waals surface area contributed by atoms with Crippen molar-refractivity contribution in [2.75, 3.05) is 7.11 Å². The van der Waals surface area contributed by atoms with Crippen molar-refractivity contribution >= 4 is 17.7 Å². The lowest BCUT2D eigenvalue weighted by Gasteiger charge is -2.41. The molecule has 0 aromatic carbocycles. The van der Waals surface area contributed by atoms with Crippen LogP contribution in [-0.4, -0.2) is 57.7 Å². The largest absolute Gasteiger partial charge is 0.480 e. The normalized spacial score (nSPS) is 28.6. The van der Waals surface area contributed by atoms with E-state index in [0.29, 0.717) is 37.1 Å². The molecule has 3 saturated heterocycles. The highest BCUT2D eigenvalue weighted by atomic mass is 16.5. The second-order valence-electron chi connectivity index (χ2n) is 6.94. The molecule has 2 unspecified atom stereocenters. The van der Waals surface area contributed by atoms with Crippen LogP contribution in [0.5, 0.6) is 5.88 Å². The number of carbonyl (C=O) groups is 3. The Bertz CT molecular complexity index is 705. The molecule has 0 saturated carbocycles. The van der Waals surface area contributed by atoms with E-state index in [1.165, 1.54) is 12.0 Å². The summed E-state index contributed by atoms with van der Waals surface area (Å²) in [4.78, 5) is 44.6. The molecule has 25 heavy (non-hydrogen) atoms. The number of pyridine rings is 1. The molecule has 4 heterocycles. The van der Waals surface area contributed by atoms with Crippen LogP contribution in [0.25, 0.3) is 0 Å². The smallest absolute Gasteiger partial charge is 0.259 e. The van der Waals surface area contributed by atoms with Crippen molar-refractivity contribution in [3.05, 3.63) is 23.9 Å². The molecule has 0 N–H and O–H groups in total. The molecule has 2 atom stereocenters. The molecule has 4 rings (SSSR count). The van der Waals surface area contributed by atoms with Gasteiger partial charge in [0.1, 0.15) is 5.56 Å². The van der Waals surface area contributed by atoms with Crippen LogP contribution in [0, 0.1) is 0 Å². The van der Waals surface area contributed by atoms with Gasteiger partial charge >= 0.3 is 0 Å². The number of hydrogen-bond donors (Lipinski definition) is 0. The van der Waals surface area contributed by atoms with Crippen molar-refractivity contribution < 1.29 is 19.1 Å². The highest BCUT2D eigenvalue weighted by Gasteiger charge is 2.48. The summed E-state index contributed by atoms with van der Waals surface area (Å²) in [5.74, 6) is 0.125. The van der Waals surface area contributed by atoms with Gasteiger partial charge in [-0.25, -0.2) is 4.98 Å². The predicted molar refractivity (Wildman–Crippen MR) is 87.9 cm³/mol. The van der Waals surface area contributed by atoms with Crippen molar-refractivity contribution in [2.24, 2.45) is 0 Å². The van der Waals surface area contributed by atoms with E-state index in [4.69, 9.17) is 4.74 Å². The Hall–Kier alpha value is -2.44. The van der Waals surface area contributed by atoms with E-state index in [1.54, 1.807) is 18.3 Å². The number of methoxy groups -OCH3 is 1. The maximum atomic E-state index is 13.1. The number of nitrogens with zero attached hydrogens (tertiary/aromatic N) is 3. The molecule has 1 aromatic heterocycles. The summed E-state index contributed by atoms with van der Waals surface area (Å²) in [5, 5.41) is 0. The van der Waals surface area contributed by atoms with Crippen LogP contribution in [-0.2, 0) is 9.59 Å². The highest BCUT2D eigenvalue weighted by molar-refractivity contribution is 6.02. The molecule has 3 aliphatic rings. The zero-order valence-electron chi connectivity index (χ0n) is 14.2. The van der Waals surface area contributed by atoms with E-state index in [0.717, 1.165) is 12.8 Å². The van der Waals surface area contributed by atoms with Gasteiger partial charge < -0.3 is 9.64 Å². The third-order valence-corrected chi connectivity index (χ3v) is 5.59. The summed E-state index contributed by atoms with van der Waals surface area (Å²) in [7, 11) is 1.50. The Kier molecular flexibility index (Phi) is 3.94. The topological polar surface area (TPSA) is 79.8 Å². The van der Waals surface area contributed by atoms with Crippen LogP contribution >= 0.6 is 0 Å². The number of carbonyl (C=O) groups excluding carboxylic acids is 3. The first-order valence-corrected chi connectivity index (χ1v) is 8.76. The lowest BCUT2D eigenvalue weighted by atomic mass is 9.95. The summed E-state index contributed by atoms with van der Waals surface area (Å²) in [6.07, 6.45) is 5.39. The van der Waals surface area contributed by atoms with Gasteiger partial charge in [0.2, 0.25) is 17.7 Å². The molecule has 7 heteroatoms. The van der Waals surface area contributed by atoms with Crippen LogP contribution in [0.3, 0.4) is 0 Å². The zero-order chi connectivity index (χ0) is 17.6. The number of piperidine rings is 1. The third kappa shape index (κ3) is 2.58. The van der Waals surface area contributed by atoms with Crippen LogP contribution in [0.15, 0.2) is 18.3 Å². The third-order valence-electron chi connectivity index (χ3n) is 5.59. The fraction of sp³-hybridized carbons (Fsp3) is 0.556. The summed E-state index contributed by atoms with van der Waals surface area (Å²) in [5.41, 5.74) is 0.466. The van der Waals surface area contributed by atoms with Crippen LogP contribution in [0.1, 0.15) is 48.9 Å². The first kappa shape index (κ1) is 16.1. The van der Waals surface area contributed by atoms with E-state index in [1.807, 2.05) is 4.90 Å². The lowest BCUT2D eigenvalue weighted by molar-refractivity contribution is -0.142. The molecule has 0 spiro atoms. The highest BCUT2D eigenvalue weighted by Crippen LogP contribution is 2.40. The number of aromatic nitrogens is 1. The van der Waals surface area contributed by atoms with Gasteiger partial charge in [0.05, 0.1) is 7.11 Å². The maximum Gasteiger partial charge on any atom is 0.259 e. The summed E-state index contributed by atoms with van der Waals surface area (Å²) >= 11 is 0. The molecule has 0 radical (unpaired) electrons. The molecule has 3 amide bonds. The predicted octanol–water partition coefficient (Wildman–Crippen LogP) is 1.37. The monoisotopic (exact) mass is 343 g/mol. The molecule has 132 valence electrons. The average Bonchev–Trinajstić information content (AvgIpc) is 3.09. The van der Waals surface area contributed by atoms with Gasteiger partial charge in [0.25, 0.3) is 5.91 Å². The second-order valence-corrected chi connectivity index (χ2v) is 6.94. The van der Waals surface area contributed by atoms with Crippen molar-refractivity contribution in [1.29, 1.82) is 0 Å². The summed E-state index contributed by atoms with van der Waals surface area (Å²) < 4.78 is 5.22. The van der Waals surface area contributed by atoms with Crippen molar-refractivity contribution in [3.63, 3.8) is 0 Å². The standard InChI is InChI=1S/C18H21N3O4/c1-25-17-14(3-2-8-19-17)18(24)20-11-4-5-12(20)10-13(9-11)21-15(22)6-7-16(21)23/h2-3,8,11-13H,4-7,9-10H2,1H3. The number of likely N-dealkylation sites (tertiary alicyclic amines) is 1. The molecule has 3 aliphatic heterocycles. The second kappa shape index (κ2) is 6.13. The number of hydrogen-bond acceptors (Lipinski definition) is 5. The van der Waals surface area contributed by atoms with Gasteiger partial charge in [0, 0.05) is 37.2 Å². The Morgan fingerprint density at radius 1 is 1.12 bits per heavy atom. The minimum absolute atomic E-state index is 0.0577. The number of imide groups is 1. The van der Waals surface area contributed by atoms with Crippen LogP contribution in [0.2, 0.25) is 0 Å². The van der Waals surface area contributed by atoms with E-state index >= 15 is 0 Å². The Balaban J connectivity index is 1.56. The molecule has 0 aliphatic carbocycles. The fourth-order valence-corrected chi connectivity index (χ4v) is 4.55. The van der Waals surface area contributed by atoms with E-state index in [-0.39, 0.29) is 35.8 Å². The number of ether oxygens (including phenoxy) is 1. The molecule has 2 bridgehead atoms. The molecular weight excluding hydrogens is 322 g/mol. The number of rotatable bonds is 3. The first-order valence-electron chi connectivity index (χ1n) is 8.76. The lowest BCUT2D eigenvalue weighted by Crippen LogP contribution is -2.53. The molecule has 7 nitrogen and oxygen atoms in total. The minimum Gasteiger partial charge on any atom is -0.480 e. The Morgan fingerprint density at radius 3 is 2.36 bits per heavy atom. The number of fused-ring (bicyclic) bond motifs is 2. The van der Waals surface area contributed by atoms with Crippen LogP contribution < -0.4 is 4.74 Å².